The first kappa shape index (κ1) is 16.8. The topological polar surface area (TPSA) is 12.0 Å². The Labute approximate surface area is 133 Å². The van der Waals surface area contributed by atoms with E-state index in [0.717, 1.165) is 12.0 Å². The summed E-state index contributed by atoms with van der Waals surface area (Å²) < 4.78 is 13.7. The van der Waals surface area contributed by atoms with Crippen LogP contribution in [-0.4, -0.2) is 13.1 Å². The summed E-state index contributed by atoms with van der Waals surface area (Å²) in [4.78, 5) is 0. The maximum Gasteiger partial charge on any atom is 0.142 e. The number of hydrogen-bond acceptors (Lipinski definition) is 1. The number of rotatable bonds is 6. The molecule has 1 fully saturated rings. The van der Waals surface area contributed by atoms with E-state index in [2.05, 4.69) is 19.2 Å². The van der Waals surface area contributed by atoms with Gasteiger partial charge in [0.25, 0.3) is 0 Å². The number of likely N-dealkylation sites (N-methyl/N-ethyl adjacent to an activating group) is 1. The van der Waals surface area contributed by atoms with E-state index in [1.807, 2.05) is 13.1 Å². The number of hydrogen-bond donors (Lipinski definition) is 1. The first-order chi connectivity index (χ1) is 9.97. The third kappa shape index (κ3) is 3.98. The summed E-state index contributed by atoms with van der Waals surface area (Å²) in [6.07, 6.45) is 7.32. The number of halogens is 2. The lowest BCUT2D eigenvalue weighted by molar-refractivity contribution is 0.160. The lowest BCUT2D eigenvalue weighted by Gasteiger charge is -2.39. The summed E-state index contributed by atoms with van der Waals surface area (Å²) in [5.41, 5.74) is 1.39. The Morgan fingerprint density at radius 2 is 1.95 bits per heavy atom. The van der Waals surface area contributed by atoms with Crippen LogP contribution in [0.3, 0.4) is 0 Å². The highest BCUT2D eigenvalue weighted by Crippen LogP contribution is 2.46. The zero-order chi connectivity index (χ0) is 15.5. The molecule has 1 unspecified atom stereocenters. The Bertz CT molecular complexity index is 466. The second-order valence-electron chi connectivity index (χ2n) is 6.96. The van der Waals surface area contributed by atoms with Crippen molar-refractivity contribution in [1.29, 1.82) is 0 Å². The molecule has 1 nitrogen and oxygen atoms in total. The predicted molar refractivity (Wildman–Crippen MR) is 88.3 cm³/mol. The molecule has 0 heterocycles. The molecule has 1 aromatic rings. The van der Waals surface area contributed by atoms with Crippen LogP contribution >= 0.6 is 11.6 Å². The van der Waals surface area contributed by atoms with Gasteiger partial charge < -0.3 is 5.32 Å². The molecule has 0 bridgehead atoms. The lowest BCUT2D eigenvalue weighted by atomic mass is 9.71. The summed E-state index contributed by atoms with van der Waals surface area (Å²) >= 11 is 5.78. The molecule has 1 aliphatic carbocycles. The van der Waals surface area contributed by atoms with Gasteiger partial charge in [0.1, 0.15) is 5.82 Å². The summed E-state index contributed by atoms with van der Waals surface area (Å²) in [7, 11) is 2.04. The van der Waals surface area contributed by atoms with Crippen LogP contribution in [0.15, 0.2) is 18.2 Å². The summed E-state index contributed by atoms with van der Waals surface area (Å²) in [6.45, 7) is 4.60. The van der Waals surface area contributed by atoms with Gasteiger partial charge >= 0.3 is 0 Å². The molecule has 2 rings (SSSR count). The van der Waals surface area contributed by atoms with Gasteiger partial charge in [-0.25, -0.2) is 4.39 Å². The quantitative estimate of drug-likeness (QED) is 0.760. The van der Waals surface area contributed by atoms with Crippen LogP contribution in [0.25, 0.3) is 0 Å². The molecule has 3 heteroatoms. The normalized spacial score (nSPS) is 19.1. The van der Waals surface area contributed by atoms with Gasteiger partial charge in [0, 0.05) is 6.04 Å². The van der Waals surface area contributed by atoms with E-state index >= 15 is 0 Å². The highest BCUT2D eigenvalue weighted by molar-refractivity contribution is 6.30. The van der Waals surface area contributed by atoms with Crippen molar-refractivity contribution in [2.75, 3.05) is 7.05 Å². The van der Waals surface area contributed by atoms with Crippen LogP contribution in [0, 0.1) is 17.2 Å². The molecule has 1 aromatic carbocycles. The van der Waals surface area contributed by atoms with Crippen LogP contribution in [0.5, 0.6) is 0 Å². The Hall–Kier alpha value is -0.600. The molecule has 1 N–H and O–H groups in total. The molecule has 21 heavy (non-hydrogen) atoms. The molecule has 1 saturated carbocycles. The fourth-order valence-corrected chi connectivity index (χ4v) is 4.23. The van der Waals surface area contributed by atoms with E-state index in [1.165, 1.54) is 32.1 Å². The van der Waals surface area contributed by atoms with Crippen molar-refractivity contribution in [2.24, 2.45) is 11.3 Å². The van der Waals surface area contributed by atoms with Crippen LogP contribution in [0.2, 0.25) is 5.02 Å². The van der Waals surface area contributed by atoms with E-state index < -0.39 is 0 Å². The van der Waals surface area contributed by atoms with Crippen molar-refractivity contribution in [2.45, 2.75) is 58.4 Å². The first-order valence-corrected chi connectivity index (χ1v) is 8.46. The zero-order valence-electron chi connectivity index (χ0n) is 13.4. The molecule has 118 valence electrons. The third-order valence-electron chi connectivity index (χ3n) is 4.93. The monoisotopic (exact) mass is 311 g/mol. The van der Waals surface area contributed by atoms with Crippen LogP contribution in [-0.2, 0) is 6.42 Å². The molecule has 0 spiro atoms. The molecule has 0 amide bonds. The minimum absolute atomic E-state index is 0.206. The summed E-state index contributed by atoms with van der Waals surface area (Å²) in [5.74, 6) is 0.384. The highest BCUT2D eigenvalue weighted by atomic mass is 35.5. The van der Waals surface area contributed by atoms with Gasteiger partial charge in [-0.05, 0) is 61.8 Å². The van der Waals surface area contributed by atoms with Gasteiger partial charge in [-0.3, -0.25) is 0 Å². The van der Waals surface area contributed by atoms with E-state index in [4.69, 9.17) is 11.6 Å². The molecule has 1 aliphatic rings. The van der Waals surface area contributed by atoms with E-state index in [0.29, 0.717) is 17.4 Å². The van der Waals surface area contributed by atoms with Gasteiger partial charge in [0.2, 0.25) is 0 Å². The van der Waals surface area contributed by atoms with Crippen molar-refractivity contribution in [3.63, 3.8) is 0 Å². The Balaban J connectivity index is 2.18. The predicted octanol–water partition coefficient (Wildman–Crippen LogP) is 5.22. The molecule has 1 atom stereocenters. The lowest BCUT2D eigenvalue weighted by Crippen LogP contribution is -2.44. The summed E-state index contributed by atoms with van der Waals surface area (Å²) in [6, 6.07) is 5.62. The molecule has 0 aromatic heterocycles. The van der Waals surface area contributed by atoms with Crippen molar-refractivity contribution >= 4 is 11.6 Å². The van der Waals surface area contributed by atoms with Crippen molar-refractivity contribution in [3.8, 4) is 0 Å². The van der Waals surface area contributed by atoms with Crippen molar-refractivity contribution < 1.29 is 4.39 Å². The second kappa shape index (κ2) is 7.11. The first-order valence-electron chi connectivity index (χ1n) is 8.08. The van der Waals surface area contributed by atoms with Gasteiger partial charge in [0.05, 0.1) is 5.02 Å². The maximum absolute atomic E-state index is 13.7. The van der Waals surface area contributed by atoms with E-state index in [1.54, 1.807) is 12.1 Å². The van der Waals surface area contributed by atoms with Crippen LogP contribution in [0.4, 0.5) is 4.39 Å². The minimum atomic E-state index is -0.312. The highest BCUT2D eigenvalue weighted by Gasteiger charge is 2.40. The van der Waals surface area contributed by atoms with Gasteiger partial charge in [-0.2, -0.15) is 0 Å². The second-order valence-corrected chi connectivity index (χ2v) is 7.37. The van der Waals surface area contributed by atoms with Gasteiger partial charge in [0.15, 0.2) is 0 Å². The molecular weight excluding hydrogens is 285 g/mol. The Kier molecular flexibility index (Phi) is 5.67. The Morgan fingerprint density at radius 3 is 2.48 bits per heavy atom. The van der Waals surface area contributed by atoms with E-state index in [-0.39, 0.29) is 10.8 Å². The maximum atomic E-state index is 13.7. The number of nitrogens with one attached hydrogen (secondary N) is 1. The zero-order valence-corrected chi connectivity index (χ0v) is 14.1. The molecule has 0 aliphatic heterocycles. The fourth-order valence-electron chi connectivity index (χ4n) is 4.11. The molecule has 0 radical (unpaired) electrons. The average Bonchev–Trinajstić information content (AvgIpc) is 2.88. The van der Waals surface area contributed by atoms with Crippen LogP contribution < -0.4 is 5.32 Å². The van der Waals surface area contributed by atoms with Crippen LogP contribution in [0.1, 0.15) is 51.5 Å². The summed E-state index contributed by atoms with van der Waals surface area (Å²) in [5, 5.41) is 3.72. The smallest absolute Gasteiger partial charge is 0.142 e. The van der Waals surface area contributed by atoms with Crippen molar-refractivity contribution in [3.05, 3.63) is 34.6 Å². The molecular formula is C18H27ClFN. The minimum Gasteiger partial charge on any atom is -0.316 e. The SMILES string of the molecule is CNC(Cc1ccc(Cl)c(F)c1)C1(CC(C)C)CCCC1. The fraction of sp³-hybridized carbons (Fsp3) is 0.667. The largest absolute Gasteiger partial charge is 0.316 e. The standard InChI is InChI=1S/C18H27ClFN/c1-13(2)12-18(8-4-5-9-18)17(21-3)11-14-6-7-15(19)16(20)10-14/h6-7,10,13,17,21H,4-5,8-9,11-12H2,1-3H3. The van der Waals surface area contributed by atoms with E-state index in [9.17, 15) is 4.39 Å². The average molecular weight is 312 g/mol. The Morgan fingerprint density at radius 1 is 1.29 bits per heavy atom. The number of benzene rings is 1. The molecule has 0 saturated heterocycles. The third-order valence-corrected chi connectivity index (χ3v) is 5.23. The van der Waals surface area contributed by atoms with Gasteiger partial charge in [-0.15, -0.1) is 0 Å². The van der Waals surface area contributed by atoms with Crippen molar-refractivity contribution in [1.82, 2.24) is 5.32 Å². The van der Waals surface area contributed by atoms with Gasteiger partial charge in [-0.1, -0.05) is 44.4 Å².